The van der Waals surface area contributed by atoms with Crippen molar-refractivity contribution < 1.29 is 8.83 Å². The number of hydrogen-bond acceptors (Lipinski definition) is 3. The SMILES string of the molecule is CC1(C)c2ccccc2-c2ccc(N(c3ccc(-c4ccccc4)cc3)c3ccc(-c4cccc5oc6c(-c7ccccc7)c7c(cc6c45)oc4ccccc47)cc3)cc21. The molecular weight excluding hydrogens is 731 g/mol. The largest absolute Gasteiger partial charge is 0.456 e. The van der Waals surface area contributed by atoms with Crippen LogP contribution < -0.4 is 4.90 Å². The molecule has 0 radical (unpaired) electrons. The zero-order valence-corrected chi connectivity index (χ0v) is 33.3. The minimum atomic E-state index is -0.116. The van der Waals surface area contributed by atoms with E-state index in [9.17, 15) is 0 Å². The lowest BCUT2D eigenvalue weighted by Crippen LogP contribution is -2.16. The summed E-state index contributed by atoms with van der Waals surface area (Å²) in [6.45, 7) is 4.69. The maximum Gasteiger partial charge on any atom is 0.144 e. The van der Waals surface area contributed by atoms with Crippen LogP contribution in [0, 0.1) is 0 Å². The molecule has 2 aromatic heterocycles. The summed E-state index contributed by atoms with van der Waals surface area (Å²) in [5.41, 5.74) is 18.8. The van der Waals surface area contributed by atoms with E-state index in [4.69, 9.17) is 8.83 Å². The van der Waals surface area contributed by atoms with Gasteiger partial charge >= 0.3 is 0 Å². The lowest BCUT2D eigenvalue weighted by atomic mass is 9.82. The molecule has 1 aliphatic rings. The van der Waals surface area contributed by atoms with Crippen LogP contribution in [0.2, 0.25) is 0 Å². The minimum Gasteiger partial charge on any atom is -0.456 e. The molecule has 11 aromatic rings. The van der Waals surface area contributed by atoms with Gasteiger partial charge in [0.05, 0.1) is 0 Å². The third kappa shape index (κ3) is 5.22. The van der Waals surface area contributed by atoms with Gasteiger partial charge in [0.25, 0.3) is 0 Å². The van der Waals surface area contributed by atoms with E-state index in [0.29, 0.717) is 0 Å². The van der Waals surface area contributed by atoms with Crippen LogP contribution in [-0.2, 0) is 5.41 Å². The molecule has 60 heavy (non-hydrogen) atoms. The minimum absolute atomic E-state index is 0.116. The molecule has 0 N–H and O–H groups in total. The number of hydrogen-bond donors (Lipinski definition) is 0. The molecular formula is C57H39NO2. The quantitative estimate of drug-likeness (QED) is 0.169. The summed E-state index contributed by atoms with van der Waals surface area (Å²) in [5, 5.41) is 4.27. The van der Waals surface area contributed by atoms with Crippen LogP contribution in [0.1, 0.15) is 25.0 Å². The second kappa shape index (κ2) is 13.2. The van der Waals surface area contributed by atoms with Gasteiger partial charge in [-0.3, -0.25) is 0 Å². The molecule has 0 saturated carbocycles. The first-order chi connectivity index (χ1) is 29.5. The summed E-state index contributed by atoms with van der Waals surface area (Å²) in [7, 11) is 0. The summed E-state index contributed by atoms with van der Waals surface area (Å²) in [6.07, 6.45) is 0. The standard InChI is InChI=1S/C57H39NO2/c1-57(2)48-21-11-9-18-44(48)45-33-32-42(34-49(45)57)58(40-28-24-37(25-29-40)36-14-5-3-6-15-36)41-30-26-38(27-31-41)43-20-13-23-51-54(43)47-35-52-55(46-19-10-12-22-50(46)59-52)53(56(47)60-51)39-16-7-4-8-17-39/h3-35H,1-2H3. The Labute approximate surface area is 348 Å². The second-order valence-electron chi connectivity index (χ2n) is 16.4. The number of anilines is 3. The van der Waals surface area contributed by atoms with Gasteiger partial charge < -0.3 is 13.7 Å². The first-order valence-electron chi connectivity index (χ1n) is 20.7. The molecule has 0 aliphatic heterocycles. The predicted octanol–water partition coefficient (Wildman–Crippen LogP) is 16.3. The van der Waals surface area contributed by atoms with E-state index in [2.05, 4.69) is 207 Å². The van der Waals surface area contributed by atoms with Crippen molar-refractivity contribution in [2.75, 3.05) is 4.90 Å². The zero-order valence-electron chi connectivity index (χ0n) is 33.3. The van der Waals surface area contributed by atoms with Gasteiger partial charge in [-0.1, -0.05) is 159 Å². The van der Waals surface area contributed by atoms with Crippen LogP contribution in [0.5, 0.6) is 0 Å². The monoisotopic (exact) mass is 769 g/mol. The Balaban J connectivity index is 1.01. The molecule has 0 spiro atoms. The van der Waals surface area contributed by atoms with Crippen molar-refractivity contribution in [1.29, 1.82) is 0 Å². The van der Waals surface area contributed by atoms with E-state index in [1.165, 1.54) is 33.4 Å². The number of fused-ring (bicyclic) bond motifs is 9. The van der Waals surface area contributed by atoms with Crippen LogP contribution in [0.25, 0.3) is 88.4 Å². The third-order valence-electron chi connectivity index (χ3n) is 12.7. The number of para-hydroxylation sites is 1. The van der Waals surface area contributed by atoms with Crippen molar-refractivity contribution in [3.8, 4) is 44.5 Å². The second-order valence-corrected chi connectivity index (χ2v) is 16.4. The van der Waals surface area contributed by atoms with Gasteiger partial charge in [0, 0.05) is 49.6 Å². The van der Waals surface area contributed by atoms with Crippen LogP contribution in [0.15, 0.2) is 209 Å². The number of benzene rings is 9. The van der Waals surface area contributed by atoms with E-state index >= 15 is 0 Å². The zero-order chi connectivity index (χ0) is 40.0. The molecule has 12 rings (SSSR count). The molecule has 0 saturated heterocycles. The Kier molecular flexibility index (Phi) is 7.58. The molecule has 1 aliphatic carbocycles. The summed E-state index contributed by atoms with van der Waals surface area (Å²) in [6, 6.07) is 71.7. The van der Waals surface area contributed by atoms with Gasteiger partial charge in [-0.25, -0.2) is 0 Å². The number of furan rings is 2. The number of nitrogens with zero attached hydrogens (tertiary/aromatic N) is 1. The maximum atomic E-state index is 6.87. The van der Waals surface area contributed by atoms with Gasteiger partial charge in [0.1, 0.15) is 22.3 Å². The fraction of sp³-hybridized carbons (Fsp3) is 0.0526. The topological polar surface area (TPSA) is 29.5 Å². The Hall–Kier alpha value is -7.62. The number of rotatable bonds is 6. The summed E-state index contributed by atoms with van der Waals surface area (Å²) < 4.78 is 13.4. The fourth-order valence-corrected chi connectivity index (χ4v) is 9.79. The highest BCUT2D eigenvalue weighted by atomic mass is 16.3. The normalized spacial score (nSPS) is 13.0. The molecule has 3 heteroatoms. The highest BCUT2D eigenvalue weighted by Gasteiger charge is 2.35. The van der Waals surface area contributed by atoms with E-state index in [1.807, 2.05) is 12.1 Å². The molecule has 0 unspecified atom stereocenters. The third-order valence-corrected chi connectivity index (χ3v) is 12.7. The molecule has 284 valence electrons. The molecule has 2 heterocycles. The summed E-state index contributed by atoms with van der Waals surface area (Å²) in [5.74, 6) is 0. The lowest BCUT2D eigenvalue weighted by molar-refractivity contribution is 0.660. The molecule has 0 atom stereocenters. The average Bonchev–Trinajstić information content (AvgIpc) is 3.94. The predicted molar refractivity (Wildman–Crippen MR) is 250 cm³/mol. The van der Waals surface area contributed by atoms with E-state index < -0.39 is 0 Å². The van der Waals surface area contributed by atoms with E-state index in [-0.39, 0.29) is 5.41 Å². The van der Waals surface area contributed by atoms with Gasteiger partial charge in [-0.15, -0.1) is 0 Å². The molecule has 3 nitrogen and oxygen atoms in total. The Morgan fingerprint density at radius 2 is 0.950 bits per heavy atom. The first kappa shape index (κ1) is 34.4. The van der Waals surface area contributed by atoms with Crippen molar-refractivity contribution >= 4 is 60.9 Å². The smallest absolute Gasteiger partial charge is 0.144 e. The van der Waals surface area contributed by atoms with Gasteiger partial charge in [-0.05, 0) is 105 Å². The van der Waals surface area contributed by atoms with Gasteiger partial charge in [-0.2, -0.15) is 0 Å². The molecule has 0 fully saturated rings. The highest BCUT2D eigenvalue weighted by Crippen LogP contribution is 2.51. The summed E-state index contributed by atoms with van der Waals surface area (Å²) in [4.78, 5) is 2.39. The first-order valence-corrected chi connectivity index (χ1v) is 20.7. The van der Waals surface area contributed by atoms with Crippen molar-refractivity contribution in [1.82, 2.24) is 0 Å². The Morgan fingerprint density at radius 3 is 1.72 bits per heavy atom. The van der Waals surface area contributed by atoms with Gasteiger partial charge in [0.15, 0.2) is 0 Å². The average molecular weight is 770 g/mol. The maximum absolute atomic E-state index is 6.87. The van der Waals surface area contributed by atoms with Crippen molar-refractivity contribution in [2.24, 2.45) is 0 Å². The van der Waals surface area contributed by atoms with Gasteiger partial charge in [0.2, 0.25) is 0 Å². The van der Waals surface area contributed by atoms with Crippen molar-refractivity contribution in [2.45, 2.75) is 19.3 Å². The summed E-state index contributed by atoms with van der Waals surface area (Å²) >= 11 is 0. The van der Waals surface area contributed by atoms with Crippen molar-refractivity contribution in [3.63, 3.8) is 0 Å². The van der Waals surface area contributed by atoms with E-state index in [0.717, 1.165) is 83.2 Å². The molecule has 0 amide bonds. The fourth-order valence-electron chi connectivity index (χ4n) is 9.79. The van der Waals surface area contributed by atoms with Crippen LogP contribution >= 0.6 is 0 Å². The van der Waals surface area contributed by atoms with E-state index in [1.54, 1.807) is 0 Å². The van der Waals surface area contributed by atoms with Crippen LogP contribution in [-0.4, -0.2) is 0 Å². The molecule has 9 aromatic carbocycles. The van der Waals surface area contributed by atoms with Crippen LogP contribution in [0.4, 0.5) is 17.1 Å². The Bertz CT molecular complexity index is 3430. The van der Waals surface area contributed by atoms with Crippen molar-refractivity contribution in [3.05, 3.63) is 211 Å². The molecule has 0 bridgehead atoms. The highest BCUT2D eigenvalue weighted by molar-refractivity contribution is 6.25. The Morgan fingerprint density at radius 1 is 0.367 bits per heavy atom. The lowest BCUT2D eigenvalue weighted by Gasteiger charge is -2.28. The van der Waals surface area contributed by atoms with Crippen LogP contribution in [0.3, 0.4) is 0 Å².